The molecule has 5 nitrogen and oxygen atoms in total. The summed E-state index contributed by atoms with van der Waals surface area (Å²) in [6.45, 7) is 0.303. The molecule has 0 aromatic rings. The van der Waals surface area contributed by atoms with Crippen molar-refractivity contribution in [2.24, 2.45) is 0 Å². The van der Waals surface area contributed by atoms with E-state index in [4.69, 9.17) is 20.1 Å². The lowest BCUT2D eigenvalue weighted by atomic mass is 10.4. The molecule has 0 radical (unpaired) electrons. The fourth-order valence-corrected chi connectivity index (χ4v) is 1.34. The Morgan fingerprint density at radius 3 is 2.79 bits per heavy atom. The van der Waals surface area contributed by atoms with E-state index < -0.39 is 12.1 Å². The minimum Gasteiger partial charge on any atom is -0.481 e. The van der Waals surface area contributed by atoms with Crippen molar-refractivity contribution in [3.63, 3.8) is 0 Å². The number of aliphatic hydroxyl groups is 2. The van der Waals surface area contributed by atoms with Crippen LogP contribution in [0.1, 0.15) is 6.42 Å². The van der Waals surface area contributed by atoms with Crippen LogP contribution in [0.4, 0.5) is 0 Å². The number of thioether (sulfide) groups is 1. The van der Waals surface area contributed by atoms with Crippen LogP contribution in [0.2, 0.25) is 0 Å². The summed E-state index contributed by atoms with van der Waals surface area (Å²) in [6.07, 6.45) is -0.0718. The molecule has 6 heteroatoms. The van der Waals surface area contributed by atoms with Crippen LogP contribution < -0.4 is 0 Å². The standard InChI is InChI=1S/C8H16O5S/c9-4-7(10)5-13-2-1-3-14-6-8(11)12/h7,9-10H,1-6H2,(H,11,12). The van der Waals surface area contributed by atoms with Crippen LogP contribution in [-0.2, 0) is 9.53 Å². The van der Waals surface area contributed by atoms with Crippen LogP contribution in [0.15, 0.2) is 0 Å². The molecule has 0 saturated carbocycles. The molecule has 1 unspecified atom stereocenters. The molecule has 1 atom stereocenters. The zero-order valence-electron chi connectivity index (χ0n) is 7.89. The summed E-state index contributed by atoms with van der Waals surface area (Å²) in [4.78, 5) is 10.1. The largest absolute Gasteiger partial charge is 0.481 e. The summed E-state index contributed by atoms with van der Waals surface area (Å²) in [7, 11) is 0. The van der Waals surface area contributed by atoms with Crippen molar-refractivity contribution in [1.29, 1.82) is 0 Å². The molecule has 0 aliphatic rings. The molecule has 0 aliphatic carbocycles. The van der Waals surface area contributed by atoms with E-state index >= 15 is 0 Å². The van der Waals surface area contributed by atoms with Gasteiger partial charge in [0.1, 0.15) is 6.10 Å². The molecule has 0 rings (SSSR count). The molecule has 0 aromatic heterocycles. The van der Waals surface area contributed by atoms with Crippen LogP contribution in [0.3, 0.4) is 0 Å². The highest BCUT2D eigenvalue weighted by Crippen LogP contribution is 2.01. The van der Waals surface area contributed by atoms with Crippen molar-refractivity contribution >= 4 is 17.7 Å². The molecule has 0 amide bonds. The summed E-state index contributed by atoms with van der Waals surface area (Å²) < 4.78 is 5.02. The Kier molecular flexibility index (Phi) is 9.06. The summed E-state index contributed by atoms with van der Waals surface area (Å²) in [5.74, 6) is 0.0208. The lowest BCUT2D eigenvalue weighted by Gasteiger charge is -2.07. The van der Waals surface area contributed by atoms with Crippen molar-refractivity contribution in [3.8, 4) is 0 Å². The normalized spacial score (nSPS) is 12.7. The van der Waals surface area contributed by atoms with E-state index in [0.717, 1.165) is 12.2 Å². The van der Waals surface area contributed by atoms with E-state index in [1.54, 1.807) is 0 Å². The summed E-state index contributed by atoms with van der Waals surface area (Å²) in [6, 6.07) is 0. The van der Waals surface area contributed by atoms with Crippen LogP contribution in [0, 0.1) is 0 Å². The predicted molar refractivity (Wildman–Crippen MR) is 53.5 cm³/mol. The van der Waals surface area contributed by atoms with E-state index in [9.17, 15) is 4.79 Å². The average molecular weight is 224 g/mol. The quantitative estimate of drug-likeness (QED) is 0.460. The number of aliphatic carboxylic acids is 1. The number of aliphatic hydroxyl groups excluding tert-OH is 2. The van der Waals surface area contributed by atoms with Gasteiger partial charge in [0.25, 0.3) is 0 Å². The number of carbonyl (C=O) groups is 1. The Bertz CT molecular complexity index is 153. The molecule has 0 heterocycles. The second-order valence-electron chi connectivity index (χ2n) is 2.71. The van der Waals surface area contributed by atoms with E-state index in [2.05, 4.69) is 0 Å². The van der Waals surface area contributed by atoms with E-state index in [1.165, 1.54) is 11.8 Å². The summed E-state index contributed by atoms with van der Waals surface area (Å²) in [5, 5.41) is 25.6. The smallest absolute Gasteiger partial charge is 0.313 e. The number of carboxylic acids is 1. The van der Waals surface area contributed by atoms with Gasteiger partial charge in [-0.3, -0.25) is 4.79 Å². The molecule has 14 heavy (non-hydrogen) atoms. The van der Waals surface area contributed by atoms with Crippen LogP contribution in [0.5, 0.6) is 0 Å². The Labute approximate surface area is 87.1 Å². The van der Waals surface area contributed by atoms with Gasteiger partial charge in [0.2, 0.25) is 0 Å². The number of hydrogen-bond acceptors (Lipinski definition) is 5. The Morgan fingerprint density at radius 1 is 1.50 bits per heavy atom. The van der Waals surface area contributed by atoms with Gasteiger partial charge in [-0.15, -0.1) is 0 Å². The third-order valence-electron chi connectivity index (χ3n) is 1.32. The minimum atomic E-state index is -0.818. The Morgan fingerprint density at radius 2 is 2.21 bits per heavy atom. The van der Waals surface area contributed by atoms with Gasteiger partial charge < -0.3 is 20.1 Å². The van der Waals surface area contributed by atoms with Crippen LogP contribution in [0.25, 0.3) is 0 Å². The number of ether oxygens (including phenoxy) is 1. The maximum Gasteiger partial charge on any atom is 0.313 e. The summed E-state index contributed by atoms with van der Waals surface area (Å²) in [5.41, 5.74) is 0. The van der Waals surface area contributed by atoms with Gasteiger partial charge in [-0.2, -0.15) is 11.8 Å². The fraction of sp³-hybridized carbons (Fsp3) is 0.875. The molecule has 0 fully saturated rings. The fourth-order valence-electron chi connectivity index (χ4n) is 0.695. The van der Waals surface area contributed by atoms with Crippen molar-refractivity contribution in [2.75, 3.05) is 31.3 Å². The number of carboxylic acid groups (broad SMARTS) is 1. The Hall–Kier alpha value is -0.300. The zero-order valence-corrected chi connectivity index (χ0v) is 8.70. The Balaban J connectivity index is 3.02. The number of hydrogen-bond donors (Lipinski definition) is 3. The van der Waals surface area contributed by atoms with Gasteiger partial charge >= 0.3 is 5.97 Å². The van der Waals surface area contributed by atoms with Crippen molar-refractivity contribution in [2.45, 2.75) is 12.5 Å². The molecule has 84 valence electrons. The van der Waals surface area contributed by atoms with Gasteiger partial charge in [-0.1, -0.05) is 0 Å². The van der Waals surface area contributed by atoms with Crippen LogP contribution in [-0.4, -0.2) is 58.7 Å². The van der Waals surface area contributed by atoms with Gasteiger partial charge in [-0.25, -0.2) is 0 Å². The highest BCUT2D eigenvalue weighted by molar-refractivity contribution is 7.99. The molecule has 0 aliphatic heterocycles. The first-order valence-corrected chi connectivity index (χ1v) is 5.48. The van der Waals surface area contributed by atoms with Gasteiger partial charge in [0, 0.05) is 6.61 Å². The zero-order chi connectivity index (χ0) is 10.8. The monoisotopic (exact) mass is 224 g/mol. The first-order chi connectivity index (χ1) is 6.66. The SMILES string of the molecule is O=C(O)CSCCCOCC(O)CO. The van der Waals surface area contributed by atoms with Gasteiger partial charge in [0.05, 0.1) is 19.0 Å². The second-order valence-corrected chi connectivity index (χ2v) is 3.82. The highest BCUT2D eigenvalue weighted by Gasteiger charge is 2.01. The molecule has 0 bridgehead atoms. The number of rotatable bonds is 9. The average Bonchev–Trinajstić information content (AvgIpc) is 2.15. The summed E-state index contributed by atoms with van der Waals surface area (Å²) >= 11 is 1.33. The second kappa shape index (κ2) is 9.26. The van der Waals surface area contributed by atoms with Crippen molar-refractivity contribution < 1.29 is 24.9 Å². The minimum absolute atomic E-state index is 0.110. The van der Waals surface area contributed by atoms with Gasteiger partial charge in [-0.05, 0) is 12.2 Å². The van der Waals surface area contributed by atoms with Crippen molar-refractivity contribution in [3.05, 3.63) is 0 Å². The maximum absolute atomic E-state index is 10.1. The third-order valence-corrected chi connectivity index (χ3v) is 2.35. The molecule has 0 aromatic carbocycles. The molecule has 0 spiro atoms. The molecular weight excluding hydrogens is 208 g/mol. The molecule has 0 saturated heterocycles. The first kappa shape index (κ1) is 13.7. The van der Waals surface area contributed by atoms with Gasteiger partial charge in [0.15, 0.2) is 0 Å². The highest BCUT2D eigenvalue weighted by atomic mass is 32.2. The topological polar surface area (TPSA) is 87.0 Å². The molecule has 3 N–H and O–H groups in total. The van der Waals surface area contributed by atoms with E-state index in [1.807, 2.05) is 0 Å². The van der Waals surface area contributed by atoms with E-state index in [0.29, 0.717) is 6.61 Å². The predicted octanol–water partition coefficient (Wildman–Crippen LogP) is -0.436. The molecular formula is C8H16O5S. The lowest BCUT2D eigenvalue weighted by Crippen LogP contribution is -2.19. The van der Waals surface area contributed by atoms with Crippen molar-refractivity contribution in [1.82, 2.24) is 0 Å². The maximum atomic E-state index is 10.1. The lowest BCUT2D eigenvalue weighted by molar-refractivity contribution is -0.133. The van der Waals surface area contributed by atoms with E-state index in [-0.39, 0.29) is 19.0 Å². The van der Waals surface area contributed by atoms with Crippen LogP contribution >= 0.6 is 11.8 Å². The first-order valence-electron chi connectivity index (χ1n) is 4.33. The third kappa shape index (κ3) is 9.79.